The van der Waals surface area contributed by atoms with Crippen LogP contribution >= 0.6 is 24.0 Å². The summed E-state index contributed by atoms with van der Waals surface area (Å²) in [6.07, 6.45) is 2.56. The SMILES string of the molecule is CCNC(=NCC(C)(C)N1CCOCC1)NC1CCN(c2ncccc2F)C1.I. The van der Waals surface area contributed by atoms with E-state index in [9.17, 15) is 4.39 Å². The van der Waals surface area contributed by atoms with Crippen molar-refractivity contribution in [2.24, 2.45) is 4.99 Å². The zero-order valence-electron chi connectivity index (χ0n) is 17.7. The molecule has 0 saturated carbocycles. The standard InChI is InChI=1S/C20H33FN6O.HI/c1-4-22-19(24-15-20(2,3)27-10-12-28-13-11-27)25-16-7-9-26(14-16)18-17(21)6-5-8-23-18;/h5-6,8,16H,4,7,9-15H2,1-3H3,(H2,22,24,25);1H. The quantitative estimate of drug-likeness (QED) is 0.341. The number of nitrogens with zero attached hydrogens (tertiary/aromatic N) is 4. The highest BCUT2D eigenvalue weighted by Crippen LogP contribution is 2.21. The fraction of sp³-hybridized carbons (Fsp3) is 0.700. The van der Waals surface area contributed by atoms with Gasteiger partial charge in [-0.1, -0.05) is 0 Å². The Bertz CT molecular complexity index is 668. The number of ether oxygens (including phenoxy) is 1. The predicted molar refractivity (Wildman–Crippen MR) is 126 cm³/mol. The first-order valence-electron chi connectivity index (χ1n) is 10.2. The first-order chi connectivity index (χ1) is 13.5. The van der Waals surface area contributed by atoms with Crippen LogP contribution in [0.25, 0.3) is 0 Å². The summed E-state index contributed by atoms with van der Waals surface area (Å²) in [6.45, 7) is 13.0. The zero-order valence-corrected chi connectivity index (χ0v) is 20.0. The number of anilines is 1. The van der Waals surface area contributed by atoms with Crippen molar-refractivity contribution in [3.63, 3.8) is 0 Å². The molecule has 29 heavy (non-hydrogen) atoms. The van der Waals surface area contributed by atoms with Crippen LogP contribution in [0, 0.1) is 5.82 Å². The smallest absolute Gasteiger partial charge is 0.191 e. The van der Waals surface area contributed by atoms with E-state index >= 15 is 0 Å². The van der Waals surface area contributed by atoms with Crippen molar-refractivity contribution >= 4 is 35.8 Å². The van der Waals surface area contributed by atoms with Crippen LogP contribution in [0.5, 0.6) is 0 Å². The third-order valence-corrected chi connectivity index (χ3v) is 5.40. The summed E-state index contributed by atoms with van der Waals surface area (Å²) >= 11 is 0. The van der Waals surface area contributed by atoms with E-state index in [1.807, 2.05) is 4.90 Å². The average molecular weight is 520 g/mol. The minimum absolute atomic E-state index is 0. The molecular weight excluding hydrogens is 486 g/mol. The molecule has 0 aromatic carbocycles. The molecule has 0 bridgehead atoms. The fourth-order valence-electron chi connectivity index (χ4n) is 3.74. The third kappa shape index (κ3) is 6.65. The lowest BCUT2D eigenvalue weighted by Gasteiger charge is -2.40. The zero-order chi connectivity index (χ0) is 20.0. The molecule has 1 aromatic heterocycles. The largest absolute Gasteiger partial charge is 0.379 e. The highest BCUT2D eigenvalue weighted by molar-refractivity contribution is 14.0. The van der Waals surface area contributed by atoms with Crippen molar-refractivity contribution in [1.29, 1.82) is 0 Å². The number of halogens is 2. The van der Waals surface area contributed by atoms with Gasteiger partial charge < -0.3 is 20.3 Å². The number of hydrogen-bond acceptors (Lipinski definition) is 5. The molecule has 3 heterocycles. The van der Waals surface area contributed by atoms with Gasteiger partial charge in [0, 0.05) is 50.5 Å². The van der Waals surface area contributed by atoms with Gasteiger partial charge in [0.1, 0.15) is 0 Å². The van der Waals surface area contributed by atoms with Crippen molar-refractivity contribution in [2.75, 3.05) is 57.4 Å². The van der Waals surface area contributed by atoms with Gasteiger partial charge in [-0.15, -0.1) is 24.0 Å². The van der Waals surface area contributed by atoms with Gasteiger partial charge in [0.25, 0.3) is 0 Å². The molecule has 0 spiro atoms. The maximum absolute atomic E-state index is 14.0. The molecule has 1 atom stereocenters. The Kier molecular flexibility index (Phi) is 9.35. The number of morpholine rings is 1. The van der Waals surface area contributed by atoms with Gasteiger partial charge in [-0.3, -0.25) is 9.89 Å². The summed E-state index contributed by atoms with van der Waals surface area (Å²) in [5.41, 5.74) is -0.0229. The molecule has 2 fully saturated rings. The summed E-state index contributed by atoms with van der Waals surface area (Å²) < 4.78 is 19.5. The van der Waals surface area contributed by atoms with E-state index in [2.05, 4.69) is 41.3 Å². The Labute approximate surface area is 190 Å². The third-order valence-electron chi connectivity index (χ3n) is 5.40. The van der Waals surface area contributed by atoms with Gasteiger partial charge in [-0.2, -0.15) is 0 Å². The lowest BCUT2D eigenvalue weighted by Crippen LogP contribution is -2.52. The van der Waals surface area contributed by atoms with E-state index in [1.54, 1.807) is 12.3 Å². The number of aliphatic imine (C=N–C) groups is 1. The van der Waals surface area contributed by atoms with Crippen LogP contribution < -0.4 is 15.5 Å². The lowest BCUT2D eigenvalue weighted by molar-refractivity contribution is -0.00684. The number of pyridine rings is 1. The highest BCUT2D eigenvalue weighted by atomic mass is 127. The maximum atomic E-state index is 14.0. The topological polar surface area (TPSA) is 65.0 Å². The molecule has 0 aliphatic carbocycles. The van der Waals surface area contributed by atoms with Crippen LogP contribution in [0.4, 0.5) is 10.2 Å². The van der Waals surface area contributed by atoms with Crippen LogP contribution in [0.2, 0.25) is 0 Å². The van der Waals surface area contributed by atoms with Crippen molar-refractivity contribution in [2.45, 2.75) is 38.8 Å². The van der Waals surface area contributed by atoms with E-state index in [-0.39, 0.29) is 41.4 Å². The van der Waals surface area contributed by atoms with E-state index in [0.717, 1.165) is 51.8 Å². The normalized spacial score (nSPS) is 21.0. The highest BCUT2D eigenvalue weighted by Gasteiger charge is 2.29. The molecular formula is C20H34FIN6O. The Balaban J connectivity index is 0.00000300. The Hall–Kier alpha value is -1.20. The molecule has 2 aliphatic heterocycles. The minimum Gasteiger partial charge on any atom is -0.379 e. The van der Waals surface area contributed by atoms with Crippen molar-refractivity contribution in [1.82, 2.24) is 20.5 Å². The summed E-state index contributed by atoms with van der Waals surface area (Å²) in [4.78, 5) is 13.5. The van der Waals surface area contributed by atoms with Crippen LogP contribution in [0.1, 0.15) is 27.2 Å². The van der Waals surface area contributed by atoms with Crippen LogP contribution in [0.3, 0.4) is 0 Å². The molecule has 2 saturated heterocycles. The summed E-state index contributed by atoms with van der Waals surface area (Å²) in [5.74, 6) is 0.982. The summed E-state index contributed by atoms with van der Waals surface area (Å²) in [7, 11) is 0. The van der Waals surface area contributed by atoms with E-state index in [0.29, 0.717) is 18.9 Å². The molecule has 1 aromatic rings. The molecule has 2 N–H and O–H groups in total. The van der Waals surface area contributed by atoms with Gasteiger partial charge in [0.15, 0.2) is 17.6 Å². The number of rotatable bonds is 6. The predicted octanol–water partition coefficient (Wildman–Crippen LogP) is 2.08. The molecule has 1 unspecified atom stereocenters. The van der Waals surface area contributed by atoms with Gasteiger partial charge in [0.05, 0.1) is 19.8 Å². The summed E-state index contributed by atoms with van der Waals surface area (Å²) in [5, 5.41) is 6.85. The second kappa shape index (κ2) is 11.3. The molecule has 164 valence electrons. The lowest BCUT2D eigenvalue weighted by atomic mass is 10.0. The number of hydrogen-bond donors (Lipinski definition) is 2. The van der Waals surface area contributed by atoms with Gasteiger partial charge in [-0.05, 0) is 39.3 Å². The average Bonchev–Trinajstić information content (AvgIpc) is 3.16. The monoisotopic (exact) mass is 520 g/mol. The van der Waals surface area contributed by atoms with Crippen LogP contribution in [-0.4, -0.2) is 79.9 Å². The molecule has 9 heteroatoms. The van der Waals surface area contributed by atoms with Crippen molar-refractivity contribution in [3.05, 3.63) is 24.1 Å². The number of nitrogens with one attached hydrogen (secondary N) is 2. The van der Waals surface area contributed by atoms with Crippen LogP contribution in [0.15, 0.2) is 23.3 Å². The minimum atomic E-state index is -0.268. The molecule has 0 amide bonds. The van der Waals surface area contributed by atoms with Gasteiger partial charge in [-0.25, -0.2) is 9.37 Å². The second-order valence-electron chi connectivity index (χ2n) is 7.99. The maximum Gasteiger partial charge on any atom is 0.191 e. The van der Waals surface area contributed by atoms with E-state index in [1.165, 1.54) is 6.07 Å². The van der Waals surface area contributed by atoms with Gasteiger partial charge in [0.2, 0.25) is 0 Å². The van der Waals surface area contributed by atoms with Gasteiger partial charge >= 0.3 is 0 Å². The Morgan fingerprint density at radius 3 is 2.79 bits per heavy atom. The van der Waals surface area contributed by atoms with Crippen molar-refractivity contribution in [3.8, 4) is 0 Å². The molecule has 3 rings (SSSR count). The summed E-state index contributed by atoms with van der Waals surface area (Å²) in [6, 6.07) is 3.30. The molecule has 2 aliphatic rings. The Morgan fingerprint density at radius 1 is 1.34 bits per heavy atom. The van der Waals surface area contributed by atoms with E-state index < -0.39 is 0 Å². The molecule has 7 nitrogen and oxygen atoms in total. The molecule has 0 radical (unpaired) electrons. The van der Waals surface area contributed by atoms with Crippen molar-refractivity contribution < 1.29 is 9.13 Å². The number of guanidine groups is 1. The Morgan fingerprint density at radius 2 is 2.10 bits per heavy atom. The van der Waals surface area contributed by atoms with Crippen LogP contribution in [-0.2, 0) is 4.74 Å². The van der Waals surface area contributed by atoms with E-state index in [4.69, 9.17) is 9.73 Å². The first-order valence-corrected chi connectivity index (χ1v) is 10.2. The number of aromatic nitrogens is 1. The fourth-order valence-corrected chi connectivity index (χ4v) is 3.74. The second-order valence-corrected chi connectivity index (χ2v) is 7.99. The first kappa shape index (κ1) is 24.1.